The maximum absolute atomic E-state index is 13.3. The van der Waals surface area contributed by atoms with E-state index in [0.717, 1.165) is 5.56 Å². The van der Waals surface area contributed by atoms with Crippen molar-refractivity contribution in [3.8, 4) is 0 Å². The molecule has 5 rings (SSSR count). The van der Waals surface area contributed by atoms with Gasteiger partial charge in [-0.2, -0.15) is 0 Å². The molecule has 10 nitrogen and oxygen atoms in total. The van der Waals surface area contributed by atoms with E-state index in [-0.39, 0.29) is 28.4 Å². The molecule has 1 aliphatic rings. The standard InChI is InChI=1S/C23H28N6O4S2/c1-14(2)34(30,31)27-17-11-16(4)19(12-17)22-26-25-21-13-24-23-20(29(21)22)9-10-28(23)35(32,33)18-7-5-15(3)6-8-18/h5-10,13-14,16-17,19,27H,11-12H2,1-4H3/t16-,17+,19+/m1/s1. The second-order valence-electron chi connectivity index (χ2n) is 9.61. The average molecular weight is 517 g/mol. The highest BCUT2D eigenvalue weighted by Gasteiger charge is 2.38. The van der Waals surface area contributed by atoms with E-state index in [1.54, 1.807) is 44.2 Å². The Kier molecular flexibility index (Phi) is 5.72. The molecule has 1 aromatic carbocycles. The molecule has 0 saturated heterocycles. The fraction of sp³-hybridized carbons (Fsp3) is 0.435. The molecule has 3 heterocycles. The van der Waals surface area contributed by atoms with Crippen LogP contribution in [0.4, 0.5) is 0 Å². The molecule has 1 N–H and O–H groups in total. The molecular weight excluding hydrogens is 488 g/mol. The van der Waals surface area contributed by atoms with Crippen LogP contribution in [-0.2, 0) is 20.0 Å². The third kappa shape index (κ3) is 4.03. The Balaban J connectivity index is 1.56. The number of sulfonamides is 1. The van der Waals surface area contributed by atoms with Crippen molar-refractivity contribution in [3.63, 3.8) is 0 Å². The quantitative estimate of drug-likeness (QED) is 0.417. The number of aromatic nitrogens is 5. The molecule has 0 bridgehead atoms. The van der Waals surface area contributed by atoms with Crippen LogP contribution in [0.1, 0.15) is 50.9 Å². The van der Waals surface area contributed by atoms with Gasteiger partial charge in [0.1, 0.15) is 5.82 Å². The summed E-state index contributed by atoms with van der Waals surface area (Å²) in [6.07, 6.45) is 4.27. The predicted octanol–water partition coefficient (Wildman–Crippen LogP) is 2.83. The number of hydrogen-bond acceptors (Lipinski definition) is 7. The summed E-state index contributed by atoms with van der Waals surface area (Å²) in [6, 6.07) is 8.18. The Morgan fingerprint density at radius 2 is 1.74 bits per heavy atom. The predicted molar refractivity (Wildman–Crippen MR) is 132 cm³/mol. The van der Waals surface area contributed by atoms with Crippen molar-refractivity contribution in [1.29, 1.82) is 0 Å². The van der Waals surface area contributed by atoms with Gasteiger partial charge in [0.05, 0.1) is 21.9 Å². The van der Waals surface area contributed by atoms with Gasteiger partial charge in [-0.05, 0) is 57.7 Å². The minimum atomic E-state index is -3.85. The third-order valence-corrected chi connectivity index (χ3v) is 10.4. The van der Waals surface area contributed by atoms with Gasteiger partial charge in [0.25, 0.3) is 10.0 Å². The molecular formula is C23H28N6O4S2. The molecule has 3 atom stereocenters. The molecule has 4 aromatic rings. The summed E-state index contributed by atoms with van der Waals surface area (Å²) in [4.78, 5) is 4.57. The van der Waals surface area contributed by atoms with Crippen molar-refractivity contribution in [1.82, 2.24) is 28.3 Å². The van der Waals surface area contributed by atoms with Crippen molar-refractivity contribution in [2.75, 3.05) is 0 Å². The molecule has 35 heavy (non-hydrogen) atoms. The first-order valence-corrected chi connectivity index (χ1v) is 14.5. The lowest BCUT2D eigenvalue weighted by atomic mass is 9.97. The topological polar surface area (TPSA) is 128 Å². The van der Waals surface area contributed by atoms with Crippen LogP contribution in [0, 0.1) is 12.8 Å². The molecule has 1 fully saturated rings. The van der Waals surface area contributed by atoms with Gasteiger partial charge < -0.3 is 0 Å². The summed E-state index contributed by atoms with van der Waals surface area (Å²) in [5.74, 6) is 0.785. The number of hydrogen-bond donors (Lipinski definition) is 1. The van der Waals surface area contributed by atoms with E-state index >= 15 is 0 Å². The van der Waals surface area contributed by atoms with Gasteiger partial charge in [-0.3, -0.25) is 4.40 Å². The first kappa shape index (κ1) is 23.9. The maximum Gasteiger partial charge on any atom is 0.269 e. The van der Waals surface area contributed by atoms with Gasteiger partial charge in [-0.15, -0.1) is 10.2 Å². The molecule has 1 aliphatic carbocycles. The van der Waals surface area contributed by atoms with E-state index in [0.29, 0.717) is 29.8 Å². The minimum Gasteiger partial charge on any atom is -0.274 e. The molecule has 3 aromatic heterocycles. The minimum absolute atomic E-state index is 0.0486. The number of rotatable bonds is 6. The number of aryl methyl sites for hydroxylation is 1. The Bertz CT molecular complexity index is 1620. The fourth-order valence-electron chi connectivity index (χ4n) is 4.78. The Morgan fingerprint density at radius 1 is 1.03 bits per heavy atom. The molecule has 0 aliphatic heterocycles. The molecule has 0 unspecified atom stereocenters. The Labute approximate surface area is 204 Å². The van der Waals surface area contributed by atoms with E-state index in [1.165, 1.54) is 16.4 Å². The summed E-state index contributed by atoms with van der Waals surface area (Å²) in [7, 11) is -7.24. The number of benzene rings is 1. The largest absolute Gasteiger partial charge is 0.274 e. The zero-order valence-electron chi connectivity index (χ0n) is 20.0. The summed E-state index contributed by atoms with van der Waals surface area (Å²) < 4.78 is 57.3. The first-order chi connectivity index (χ1) is 16.5. The Hall–Kier alpha value is -2.83. The molecule has 0 radical (unpaired) electrons. The van der Waals surface area contributed by atoms with Gasteiger partial charge in [-0.25, -0.2) is 30.5 Å². The van der Waals surface area contributed by atoms with E-state index in [2.05, 4.69) is 26.8 Å². The van der Waals surface area contributed by atoms with Crippen LogP contribution in [0.25, 0.3) is 16.8 Å². The average Bonchev–Trinajstić information content (AvgIpc) is 3.49. The molecule has 0 amide bonds. The van der Waals surface area contributed by atoms with Crippen molar-refractivity contribution in [3.05, 3.63) is 54.1 Å². The summed E-state index contributed by atoms with van der Waals surface area (Å²) in [6.45, 7) is 7.28. The van der Waals surface area contributed by atoms with E-state index in [4.69, 9.17) is 0 Å². The van der Waals surface area contributed by atoms with Crippen molar-refractivity contribution < 1.29 is 16.8 Å². The van der Waals surface area contributed by atoms with Crippen LogP contribution in [0.15, 0.2) is 47.6 Å². The van der Waals surface area contributed by atoms with Gasteiger partial charge in [0.15, 0.2) is 11.3 Å². The smallest absolute Gasteiger partial charge is 0.269 e. The number of nitrogens with one attached hydrogen (secondary N) is 1. The van der Waals surface area contributed by atoms with Gasteiger partial charge in [0.2, 0.25) is 10.0 Å². The van der Waals surface area contributed by atoms with Crippen molar-refractivity contribution in [2.45, 2.75) is 62.6 Å². The normalized spacial score (nSPS) is 21.5. The first-order valence-electron chi connectivity index (χ1n) is 11.5. The third-order valence-electron chi connectivity index (χ3n) is 6.80. The van der Waals surface area contributed by atoms with Gasteiger partial charge in [-0.1, -0.05) is 24.6 Å². The Morgan fingerprint density at radius 3 is 2.43 bits per heavy atom. The lowest BCUT2D eigenvalue weighted by Crippen LogP contribution is -2.37. The monoisotopic (exact) mass is 516 g/mol. The van der Waals surface area contributed by atoms with Gasteiger partial charge in [0, 0.05) is 18.2 Å². The van der Waals surface area contributed by atoms with Crippen LogP contribution >= 0.6 is 0 Å². The molecule has 0 spiro atoms. The van der Waals surface area contributed by atoms with E-state index < -0.39 is 25.3 Å². The molecule has 12 heteroatoms. The lowest BCUT2D eigenvalue weighted by Gasteiger charge is -2.15. The number of nitrogens with zero attached hydrogens (tertiary/aromatic N) is 5. The maximum atomic E-state index is 13.3. The van der Waals surface area contributed by atoms with Crippen molar-refractivity contribution >= 4 is 36.9 Å². The zero-order chi connectivity index (χ0) is 25.1. The second-order valence-corrected chi connectivity index (χ2v) is 13.7. The zero-order valence-corrected chi connectivity index (χ0v) is 21.6. The van der Waals surface area contributed by atoms with E-state index in [1.807, 2.05) is 11.3 Å². The number of fused-ring (bicyclic) bond motifs is 3. The fourth-order valence-corrected chi connectivity index (χ4v) is 7.01. The van der Waals surface area contributed by atoms with Gasteiger partial charge >= 0.3 is 0 Å². The molecule has 1 saturated carbocycles. The highest BCUT2D eigenvalue weighted by atomic mass is 32.2. The SMILES string of the molecule is Cc1ccc(S(=O)(=O)n2ccc3c2ncc2nnc([C@H]4C[C@@H](NS(=O)(=O)C(C)C)C[C@H]4C)n23)cc1. The molecule has 186 valence electrons. The van der Waals surface area contributed by atoms with Crippen LogP contribution in [0.5, 0.6) is 0 Å². The van der Waals surface area contributed by atoms with Crippen LogP contribution in [0.2, 0.25) is 0 Å². The van der Waals surface area contributed by atoms with E-state index in [9.17, 15) is 16.8 Å². The summed E-state index contributed by atoms with van der Waals surface area (Å²) >= 11 is 0. The van der Waals surface area contributed by atoms with Crippen LogP contribution in [0.3, 0.4) is 0 Å². The van der Waals surface area contributed by atoms with Crippen LogP contribution in [-0.4, -0.2) is 51.7 Å². The van der Waals surface area contributed by atoms with Crippen molar-refractivity contribution in [2.24, 2.45) is 5.92 Å². The lowest BCUT2D eigenvalue weighted by molar-refractivity contribution is 0.505. The van der Waals surface area contributed by atoms with Crippen LogP contribution < -0.4 is 4.72 Å². The highest BCUT2D eigenvalue weighted by molar-refractivity contribution is 7.90. The second kappa shape index (κ2) is 8.38. The summed E-state index contributed by atoms with van der Waals surface area (Å²) in [5.41, 5.74) is 2.34. The highest BCUT2D eigenvalue weighted by Crippen LogP contribution is 2.40. The summed E-state index contributed by atoms with van der Waals surface area (Å²) in [5, 5.41) is 8.18.